The maximum atomic E-state index is 12.5. The van der Waals surface area contributed by atoms with Crippen molar-refractivity contribution in [3.8, 4) is 11.6 Å². The number of urea groups is 1. The summed E-state index contributed by atoms with van der Waals surface area (Å²) in [6, 6.07) is 3.00. The molecular formula is C13H12N4O4S. The molecule has 0 aliphatic carbocycles. The Hall–Kier alpha value is -2.29. The molecular weight excluding hydrogens is 308 g/mol. The SMILES string of the molecule is O=C1N[C@@]2(CCSC2)C(=O)N1Cc1nc(-c2ccco2)no1. The number of nitrogens with zero attached hydrogens (tertiary/aromatic N) is 3. The minimum absolute atomic E-state index is 0.0369. The molecule has 2 aromatic rings. The van der Waals surface area contributed by atoms with E-state index in [0.717, 1.165) is 10.7 Å². The fourth-order valence-electron chi connectivity index (χ4n) is 2.61. The lowest BCUT2D eigenvalue weighted by Crippen LogP contribution is -2.46. The van der Waals surface area contributed by atoms with E-state index >= 15 is 0 Å². The zero-order valence-corrected chi connectivity index (χ0v) is 12.3. The molecule has 4 rings (SSSR count). The van der Waals surface area contributed by atoms with Crippen LogP contribution in [0.25, 0.3) is 11.6 Å². The number of furan rings is 1. The highest BCUT2D eigenvalue weighted by Crippen LogP contribution is 2.33. The lowest BCUT2D eigenvalue weighted by Gasteiger charge is -2.18. The molecule has 1 spiro atoms. The number of imide groups is 1. The molecule has 1 N–H and O–H groups in total. The van der Waals surface area contributed by atoms with Crippen LogP contribution in [0.4, 0.5) is 4.79 Å². The number of aromatic nitrogens is 2. The maximum absolute atomic E-state index is 12.5. The molecule has 9 heteroatoms. The van der Waals surface area contributed by atoms with Gasteiger partial charge < -0.3 is 14.3 Å². The molecule has 0 aromatic carbocycles. The highest BCUT2D eigenvalue weighted by atomic mass is 32.2. The summed E-state index contributed by atoms with van der Waals surface area (Å²) in [5, 5.41) is 6.58. The van der Waals surface area contributed by atoms with Crippen LogP contribution in [0.3, 0.4) is 0 Å². The van der Waals surface area contributed by atoms with E-state index in [-0.39, 0.29) is 24.2 Å². The third kappa shape index (κ3) is 2.00. The second-order valence-electron chi connectivity index (χ2n) is 5.20. The Morgan fingerprint density at radius 2 is 2.36 bits per heavy atom. The molecule has 0 saturated carbocycles. The number of thioether (sulfide) groups is 1. The molecule has 2 saturated heterocycles. The molecule has 0 bridgehead atoms. The van der Waals surface area contributed by atoms with Gasteiger partial charge in [0, 0.05) is 5.75 Å². The van der Waals surface area contributed by atoms with E-state index in [4.69, 9.17) is 8.94 Å². The van der Waals surface area contributed by atoms with E-state index in [1.54, 1.807) is 23.9 Å². The lowest BCUT2D eigenvalue weighted by atomic mass is 9.99. The van der Waals surface area contributed by atoms with Crippen molar-refractivity contribution in [2.45, 2.75) is 18.5 Å². The highest BCUT2D eigenvalue weighted by Gasteiger charge is 2.53. The zero-order valence-electron chi connectivity index (χ0n) is 11.4. The van der Waals surface area contributed by atoms with E-state index in [0.29, 0.717) is 17.9 Å². The Labute approximate surface area is 129 Å². The molecule has 2 fully saturated rings. The van der Waals surface area contributed by atoms with Gasteiger partial charge in [-0.1, -0.05) is 5.16 Å². The Bertz CT molecular complexity index is 720. The highest BCUT2D eigenvalue weighted by molar-refractivity contribution is 7.99. The van der Waals surface area contributed by atoms with Gasteiger partial charge in [0.25, 0.3) is 5.91 Å². The van der Waals surface area contributed by atoms with Crippen LogP contribution in [0.1, 0.15) is 12.3 Å². The first kappa shape index (κ1) is 13.4. The quantitative estimate of drug-likeness (QED) is 0.849. The van der Waals surface area contributed by atoms with Gasteiger partial charge in [-0.15, -0.1) is 0 Å². The first-order chi connectivity index (χ1) is 10.7. The third-order valence-electron chi connectivity index (χ3n) is 3.77. The summed E-state index contributed by atoms with van der Waals surface area (Å²) >= 11 is 1.66. The average Bonchev–Trinajstić information content (AvgIpc) is 3.25. The van der Waals surface area contributed by atoms with Crippen molar-refractivity contribution in [2.24, 2.45) is 0 Å². The first-order valence-electron chi connectivity index (χ1n) is 6.76. The number of carbonyl (C=O) groups excluding carboxylic acids is 2. The van der Waals surface area contributed by atoms with Crippen LogP contribution in [0.2, 0.25) is 0 Å². The van der Waals surface area contributed by atoms with E-state index in [2.05, 4.69) is 15.5 Å². The number of amides is 3. The number of rotatable bonds is 3. The van der Waals surface area contributed by atoms with Crippen LogP contribution in [0, 0.1) is 0 Å². The van der Waals surface area contributed by atoms with E-state index in [1.165, 1.54) is 6.26 Å². The van der Waals surface area contributed by atoms with Gasteiger partial charge in [0.1, 0.15) is 12.1 Å². The van der Waals surface area contributed by atoms with Gasteiger partial charge in [-0.25, -0.2) is 4.79 Å². The van der Waals surface area contributed by atoms with Gasteiger partial charge in [0.2, 0.25) is 11.7 Å². The summed E-state index contributed by atoms with van der Waals surface area (Å²) < 4.78 is 10.3. The fraction of sp³-hybridized carbons (Fsp3) is 0.385. The largest absolute Gasteiger partial charge is 0.461 e. The van der Waals surface area contributed by atoms with Crippen molar-refractivity contribution in [3.05, 3.63) is 24.3 Å². The minimum atomic E-state index is -0.758. The summed E-state index contributed by atoms with van der Waals surface area (Å²) in [7, 11) is 0. The number of carbonyl (C=O) groups is 2. The van der Waals surface area contributed by atoms with Crippen molar-refractivity contribution in [3.63, 3.8) is 0 Å². The molecule has 4 heterocycles. The normalized spacial score (nSPS) is 24.5. The predicted molar refractivity (Wildman–Crippen MR) is 75.8 cm³/mol. The van der Waals surface area contributed by atoms with Crippen molar-refractivity contribution >= 4 is 23.7 Å². The van der Waals surface area contributed by atoms with Crippen LogP contribution < -0.4 is 5.32 Å². The number of hydrogen-bond donors (Lipinski definition) is 1. The van der Waals surface area contributed by atoms with Crippen LogP contribution in [0.15, 0.2) is 27.3 Å². The average molecular weight is 320 g/mol. The Morgan fingerprint density at radius 3 is 3.09 bits per heavy atom. The summed E-state index contributed by atoms with van der Waals surface area (Å²) in [5.74, 6) is 2.20. The molecule has 2 aromatic heterocycles. The minimum Gasteiger partial charge on any atom is -0.461 e. The van der Waals surface area contributed by atoms with Crippen molar-refractivity contribution in [2.75, 3.05) is 11.5 Å². The molecule has 0 radical (unpaired) electrons. The summed E-state index contributed by atoms with van der Waals surface area (Å²) in [5.41, 5.74) is -0.758. The van der Waals surface area contributed by atoms with Gasteiger partial charge >= 0.3 is 6.03 Å². The number of nitrogens with one attached hydrogen (secondary N) is 1. The second-order valence-corrected chi connectivity index (χ2v) is 6.30. The van der Waals surface area contributed by atoms with Gasteiger partial charge in [0.15, 0.2) is 5.76 Å². The molecule has 114 valence electrons. The third-order valence-corrected chi connectivity index (χ3v) is 4.96. The van der Waals surface area contributed by atoms with Crippen LogP contribution >= 0.6 is 11.8 Å². The van der Waals surface area contributed by atoms with E-state index < -0.39 is 11.6 Å². The van der Waals surface area contributed by atoms with Crippen LogP contribution in [0.5, 0.6) is 0 Å². The summed E-state index contributed by atoms with van der Waals surface area (Å²) in [6.45, 7) is -0.0369. The van der Waals surface area contributed by atoms with Crippen LogP contribution in [-0.4, -0.2) is 44.0 Å². The lowest BCUT2D eigenvalue weighted by molar-refractivity contribution is -0.131. The predicted octanol–water partition coefficient (Wildman–Crippen LogP) is 1.26. The standard InChI is InChI=1S/C13H12N4O4S/c18-11-13(3-5-22-7-13)15-12(19)17(11)6-9-14-10(16-21-9)8-2-1-4-20-8/h1-2,4H,3,5-7H2,(H,15,19)/t13-/m1/s1. The smallest absolute Gasteiger partial charge is 0.325 e. The molecule has 22 heavy (non-hydrogen) atoms. The molecule has 2 aliphatic heterocycles. The Morgan fingerprint density at radius 1 is 1.45 bits per heavy atom. The van der Waals surface area contributed by atoms with Crippen LogP contribution in [-0.2, 0) is 11.3 Å². The second kappa shape index (κ2) is 4.87. The van der Waals surface area contributed by atoms with Gasteiger partial charge in [0.05, 0.1) is 6.26 Å². The molecule has 2 aliphatic rings. The molecule has 3 amide bonds. The van der Waals surface area contributed by atoms with Gasteiger partial charge in [-0.3, -0.25) is 9.69 Å². The number of hydrogen-bond acceptors (Lipinski definition) is 7. The van der Waals surface area contributed by atoms with Gasteiger partial charge in [-0.05, 0) is 24.3 Å². The zero-order chi connectivity index (χ0) is 15.2. The summed E-state index contributed by atoms with van der Waals surface area (Å²) in [4.78, 5) is 29.8. The molecule has 1 atom stereocenters. The monoisotopic (exact) mass is 320 g/mol. The Kier molecular flexibility index (Phi) is 2.96. The first-order valence-corrected chi connectivity index (χ1v) is 7.92. The van der Waals surface area contributed by atoms with Crippen molar-refractivity contribution in [1.82, 2.24) is 20.4 Å². The van der Waals surface area contributed by atoms with Crippen molar-refractivity contribution < 1.29 is 18.5 Å². The van der Waals surface area contributed by atoms with Crippen molar-refractivity contribution in [1.29, 1.82) is 0 Å². The van der Waals surface area contributed by atoms with Gasteiger partial charge in [-0.2, -0.15) is 16.7 Å². The van der Waals surface area contributed by atoms with E-state index in [1.807, 2.05) is 0 Å². The fourth-order valence-corrected chi connectivity index (χ4v) is 3.94. The van der Waals surface area contributed by atoms with E-state index in [9.17, 15) is 9.59 Å². The summed E-state index contributed by atoms with van der Waals surface area (Å²) in [6.07, 6.45) is 2.16. The molecule has 0 unspecified atom stereocenters. The topological polar surface area (TPSA) is 101 Å². The molecule has 8 nitrogen and oxygen atoms in total. The maximum Gasteiger partial charge on any atom is 0.325 e. The Balaban J connectivity index is 1.54.